The third-order valence-corrected chi connectivity index (χ3v) is 2.36. The molecule has 0 aliphatic carbocycles. The lowest BCUT2D eigenvalue weighted by atomic mass is 10.3. The Morgan fingerprint density at radius 1 is 1.50 bits per heavy atom. The molecule has 0 saturated heterocycles. The van der Waals surface area contributed by atoms with Gasteiger partial charge in [0.05, 0.1) is 6.20 Å². The predicted molar refractivity (Wildman–Crippen MR) is 62.4 cm³/mol. The number of rotatable bonds is 3. The third-order valence-electron chi connectivity index (χ3n) is 2.18. The minimum atomic E-state index is 0.260. The van der Waals surface area contributed by atoms with Crippen LogP contribution in [0, 0.1) is 0 Å². The molecule has 0 saturated carbocycles. The van der Waals surface area contributed by atoms with Crippen LogP contribution in [0.5, 0.6) is 0 Å². The summed E-state index contributed by atoms with van der Waals surface area (Å²) in [7, 11) is 3.84. The first-order chi connectivity index (χ1) is 7.65. The van der Waals surface area contributed by atoms with Crippen molar-refractivity contribution in [3.63, 3.8) is 0 Å². The fourth-order valence-electron chi connectivity index (χ4n) is 1.45. The lowest BCUT2D eigenvalue weighted by Gasteiger charge is -2.16. The maximum atomic E-state index is 5.73. The van der Waals surface area contributed by atoms with Crippen molar-refractivity contribution in [3.8, 4) is 0 Å². The number of aromatic nitrogens is 4. The Morgan fingerprint density at radius 2 is 2.31 bits per heavy atom. The molecule has 2 rings (SSSR count). The molecule has 0 spiro atoms. The summed E-state index contributed by atoms with van der Waals surface area (Å²) in [5, 5.41) is 4.37. The van der Waals surface area contributed by atoms with Gasteiger partial charge in [-0.05, 0) is 17.7 Å². The molecule has 0 aliphatic heterocycles. The molecule has 16 heavy (non-hydrogen) atoms. The monoisotopic (exact) mass is 237 g/mol. The van der Waals surface area contributed by atoms with Crippen LogP contribution in [0.25, 0.3) is 0 Å². The van der Waals surface area contributed by atoms with E-state index in [1.807, 2.05) is 37.5 Å². The van der Waals surface area contributed by atoms with Gasteiger partial charge in [0.15, 0.2) is 0 Å². The fraction of sp³-hybridized carbons (Fsp3) is 0.300. The van der Waals surface area contributed by atoms with Gasteiger partial charge in [0.2, 0.25) is 5.28 Å². The molecule has 2 heterocycles. The summed E-state index contributed by atoms with van der Waals surface area (Å²) >= 11 is 5.73. The van der Waals surface area contributed by atoms with E-state index < -0.39 is 0 Å². The molecule has 6 heteroatoms. The van der Waals surface area contributed by atoms with Crippen LogP contribution in [0.1, 0.15) is 5.56 Å². The average molecular weight is 238 g/mol. The summed E-state index contributed by atoms with van der Waals surface area (Å²) in [6, 6.07) is 1.82. The Bertz CT molecular complexity index is 482. The number of halogens is 1. The molecule has 2 aromatic heterocycles. The maximum Gasteiger partial charge on any atom is 0.224 e. The van der Waals surface area contributed by atoms with Gasteiger partial charge in [0.25, 0.3) is 0 Å². The largest absolute Gasteiger partial charge is 0.355 e. The highest BCUT2D eigenvalue weighted by atomic mass is 35.5. The third kappa shape index (κ3) is 2.49. The van der Waals surface area contributed by atoms with E-state index in [1.165, 1.54) is 0 Å². The number of nitrogens with zero attached hydrogens (tertiary/aromatic N) is 5. The molecule has 0 bridgehead atoms. The van der Waals surface area contributed by atoms with Crippen LogP contribution in [0.3, 0.4) is 0 Å². The van der Waals surface area contributed by atoms with Gasteiger partial charge >= 0.3 is 0 Å². The summed E-state index contributed by atoms with van der Waals surface area (Å²) in [6.07, 6.45) is 5.45. The van der Waals surface area contributed by atoms with Gasteiger partial charge in [-0.2, -0.15) is 5.10 Å². The first-order valence-corrected chi connectivity index (χ1v) is 5.20. The van der Waals surface area contributed by atoms with Crippen molar-refractivity contribution in [2.75, 3.05) is 11.9 Å². The predicted octanol–water partition coefficient (Wildman–Crippen LogP) is 1.50. The number of hydrogen-bond donors (Lipinski definition) is 0. The minimum Gasteiger partial charge on any atom is -0.355 e. The number of anilines is 1. The highest BCUT2D eigenvalue weighted by Gasteiger charge is 2.05. The molecule has 0 amide bonds. The second-order valence-electron chi connectivity index (χ2n) is 3.56. The highest BCUT2D eigenvalue weighted by molar-refractivity contribution is 6.28. The Morgan fingerprint density at radius 3 is 2.94 bits per heavy atom. The van der Waals surface area contributed by atoms with Crippen molar-refractivity contribution in [3.05, 3.63) is 35.5 Å². The zero-order valence-corrected chi connectivity index (χ0v) is 9.89. The molecule has 0 atom stereocenters. The van der Waals surface area contributed by atoms with E-state index in [1.54, 1.807) is 10.9 Å². The number of aryl methyl sites for hydroxylation is 1. The van der Waals surface area contributed by atoms with Crippen molar-refractivity contribution in [1.29, 1.82) is 0 Å². The molecular weight excluding hydrogens is 226 g/mol. The first kappa shape index (κ1) is 10.9. The SMILES string of the molecule is CN(Cc1cnn(C)c1)c1ccnc(Cl)n1. The maximum absolute atomic E-state index is 5.73. The molecule has 0 unspecified atom stereocenters. The summed E-state index contributed by atoms with van der Waals surface area (Å²) in [4.78, 5) is 9.96. The van der Waals surface area contributed by atoms with Crippen molar-refractivity contribution in [2.24, 2.45) is 7.05 Å². The van der Waals surface area contributed by atoms with Crippen molar-refractivity contribution in [1.82, 2.24) is 19.7 Å². The smallest absolute Gasteiger partial charge is 0.224 e. The van der Waals surface area contributed by atoms with E-state index >= 15 is 0 Å². The van der Waals surface area contributed by atoms with Gasteiger partial charge in [-0.1, -0.05) is 0 Å². The molecule has 0 aromatic carbocycles. The summed E-state index contributed by atoms with van der Waals surface area (Å²) < 4.78 is 1.77. The zero-order chi connectivity index (χ0) is 11.5. The number of hydrogen-bond acceptors (Lipinski definition) is 4. The highest BCUT2D eigenvalue weighted by Crippen LogP contribution is 2.13. The van der Waals surface area contributed by atoms with Gasteiger partial charge in [-0.25, -0.2) is 9.97 Å². The molecule has 84 valence electrons. The van der Waals surface area contributed by atoms with E-state index in [-0.39, 0.29) is 5.28 Å². The average Bonchev–Trinajstić information content (AvgIpc) is 2.64. The summed E-state index contributed by atoms with van der Waals surface area (Å²) in [5.74, 6) is 0.795. The van der Waals surface area contributed by atoms with Crippen LogP contribution in [-0.4, -0.2) is 26.8 Å². The molecule has 5 nitrogen and oxygen atoms in total. The molecule has 2 aromatic rings. The quantitative estimate of drug-likeness (QED) is 0.759. The van der Waals surface area contributed by atoms with E-state index in [0.717, 1.165) is 17.9 Å². The Kier molecular flexibility index (Phi) is 3.05. The second-order valence-corrected chi connectivity index (χ2v) is 3.90. The Hall–Kier alpha value is -1.62. The van der Waals surface area contributed by atoms with Crippen LogP contribution in [0.4, 0.5) is 5.82 Å². The van der Waals surface area contributed by atoms with Gasteiger partial charge < -0.3 is 4.90 Å². The van der Waals surface area contributed by atoms with Gasteiger partial charge in [0.1, 0.15) is 5.82 Å². The molecular formula is C10H12ClN5. The van der Waals surface area contributed by atoms with Gasteiger partial charge in [0, 0.05) is 38.6 Å². The van der Waals surface area contributed by atoms with E-state index in [4.69, 9.17) is 11.6 Å². The standard InChI is InChI=1S/C10H12ClN5/c1-15(6-8-5-13-16(2)7-8)9-3-4-12-10(11)14-9/h3-5,7H,6H2,1-2H3. The fourth-order valence-corrected chi connectivity index (χ4v) is 1.59. The van der Waals surface area contributed by atoms with E-state index in [2.05, 4.69) is 15.1 Å². The van der Waals surface area contributed by atoms with Crippen LogP contribution < -0.4 is 4.90 Å². The molecule has 0 aliphatic rings. The van der Waals surface area contributed by atoms with Gasteiger partial charge in [-0.15, -0.1) is 0 Å². The molecule has 0 fully saturated rings. The van der Waals surface area contributed by atoms with Crippen LogP contribution >= 0.6 is 11.6 Å². The van der Waals surface area contributed by atoms with Gasteiger partial charge in [-0.3, -0.25) is 4.68 Å². The minimum absolute atomic E-state index is 0.260. The van der Waals surface area contributed by atoms with Crippen molar-refractivity contribution >= 4 is 17.4 Å². The van der Waals surface area contributed by atoms with E-state index in [0.29, 0.717) is 0 Å². The lowest BCUT2D eigenvalue weighted by molar-refractivity contribution is 0.766. The Balaban J connectivity index is 2.11. The molecule has 0 N–H and O–H groups in total. The van der Waals surface area contributed by atoms with Crippen LogP contribution in [0.2, 0.25) is 5.28 Å². The normalized spacial score (nSPS) is 10.4. The Labute approximate surface area is 98.7 Å². The van der Waals surface area contributed by atoms with Crippen LogP contribution in [0.15, 0.2) is 24.7 Å². The summed E-state index contributed by atoms with van der Waals surface area (Å²) in [6.45, 7) is 0.737. The van der Waals surface area contributed by atoms with Crippen molar-refractivity contribution < 1.29 is 0 Å². The topological polar surface area (TPSA) is 46.8 Å². The van der Waals surface area contributed by atoms with E-state index in [9.17, 15) is 0 Å². The zero-order valence-electron chi connectivity index (χ0n) is 9.13. The van der Waals surface area contributed by atoms with Crippen molar-refractivity contribution in [2.45, 2.75) is 6.54 Å². The molecule has 0 radical (unpaired) electrons. The van der Waals surface area contributed by atoms with Crippen LogP contribution in [-0.2, 0) is 13.6 Å². The first-order valence-electron chi connectivity index (χ1n) is 4.82. The second kappa shape index (κ2) is 4.49. The lowest BCUT2D eigenvalue weighted by Crippen LogP contribution is -2.17. The summed E-state index contributed by atoms with van der Waals surface area (Å²) in [5.41, 5.74) is 1.12.